The van der Waals surface area contributed by atoms with Crippen molar-refractivity contribution in [3.63, 3.8) is 0 Å². The number of halogens is 1. The third-order valence-electron chi connectivity index (χ3n) is 2.94. The molecule has 2 amide bonds. The van der Waals surface area contributed by atoms with Gasteiger partial charge in [-0.25, -0.2) is 4.98 Å². The molecule has 3 heterocycles. The van der Waals surface area contributed by atoms with E-state index in [1.165, 1.54) is 17.5 Å². The van der Waals surface area contributed by atoms with Gasteiger partial charge in [-0.3, -0.25) is 19.9 Å². The summed E-state index contributed by atoms with van der Waals surface area (Å²) in [6.45, 7) is 0. The van der Waals surface area contributed by atoms with Gasteiger partial charge >= 0.3 is 0 Å². The fourth-order valence-corrected chi connectivity index (χ4v) is 2.93. The molecule has 7 nitrogen and oxygen atoms in total. The zero-order chi connectivity index (χ0) is 16.4. The fraction of sp³-hybridized carbons (Fsp3) is 0. The fourth-order valence-electron chi connectivity index (χ4n) is 1.85. The number of primary amides is 1. The molecule has 9 heteroatoms. The number of H-pyrrole nitrogens is 1. The minimum absolute atomic E-state index is 0.299. The molecule has 116 valence electrons. The number of aromatic nitrogens is 3. The molecule has 4 N–H and O–H groups in total. The third-order valence-corrected chi connectivity index (χ3v) is 4.13. The predicted molar refractivity (Wildman–Crippen MR) is 90.3 cm³/mol. The van der Waals surface area contributed by atoms with Crippen LogP contribution in [0.4, 0.5) is 5.13 Å². The van der Waals surface area contributed by atoms with Crippen LogP contribution in [0.15, 0.2) is 40.6 Å². The van der Waals surface area contributed by atoms with Crippen LogP contribution in [-0.4, -0.2) is 26.8 Å². The molecular weight excluding hydrogens is 382 g/mol. The van der Waals surface area contributed by atoms with Crippen molar-refractivity contribution >= 4 is 44.2 Å². The molecule has 0 saturated heterocycles. The lowest BCUT2D eigenvalue weighted by molar-refractivity contribution is 0.0994. The summed E-state index contributed by atoms with van der Waals surface area (Å²) in [4.78, 5) is 34.3. The average Bonchev–Trinajstić information content (AvgIpc) is 3.15. The Morgan fingerprint density at radius 2 is 2.13 bits per heavy atom. The van der Waals surface area contributed by atoms with Crippen molar-refractivity contribution in [2.45, 2.75) is 0 Å². The van der Waals surface area contributed by atoms with Crippen molar-refractivity contribution in [1.29, 1.82) is 0 Å². The van der Waals surface area contributed by atoms with Gasteiger partial charge in [-0.2, -0.15) is 0 Å². The van der Waals surface area contributed by atoms with E-state index in [9.17, 15) is 9.59 Å². The second-order valence-corrected chi connectivity index (χ2v) is 6.32. The number of hydrogen-bond donors (Lipinski definition) is 3. The van der Waals surface area contributed by atoms with E-state index in [0.717, 1.165) is 10.0 Å². The van der Waals surface area contributed by atoms with Crippen LogP contribution in [-0.2, 0) is 0 Å². The summed E-state index contributed by atoms with van der Waals surface area (Å²) in [6, 6.07) is 3.28. The van der Waals surface area contributed by atoms with Crippen molar-refractivity contribution < 1.29 is 9.59 Å². The molecule has 0 fully saturated rings. The Morgan fingerprint density at radius 1 is 1.30 bits per heavy atom. The van der Waals surface area contributed by atoms with Crippen LogP contribution >= 0.6 is 27.3 Å². The largest absolute Gasteiger partial charge is 0.364 e. The number of carbonyl (C=O) groups is 2. The maximum absolute atomic E-state index is 12.1. The van der Waals surface area contributed by atoms with E-state index < -0.39 is 5.91 Å². The van der Waals surface area contributed by atoms with E-state index in [-0.39, 0.29) is 5.91 Å². The number of amides is 2. The monoisotopic (exact) mass is 391 g/mol. The molecule has 0 bridgehead atoms. The highest BCUT2D eigenvalue weighted by Crippen LogP contribution is 2.25. The maximum Gasteiger partial charge on any atom is 0.265 e. The van der Waals surface area contributed by atoms with Gasteiger partial charge < -0.3 is 10.7 Å². The lowest BCUT2D eigenvalue weighted by Gasteiger charge is -2.01. The van der Waals surface area contributed by atoms with Gasteiger partial charge in [-0.15, -0.1) is 11.3 Å². The van der Waals surface area contributed by atoms with Crippen LogP contribution in [0.25, 0.3) is 11.3 Å². The van der Waals surface area contributed by atoms with E-state index in [2.05, 4.69) is 36.2 Å². The first-order chi connectivity index (χ1) is 11.0. The molecule has 23 heavy (non-hydrogen) atoms. The molecule has 0 spiro atoms. The van der Waals surface area contributed by atoms with Crippen LogP contribution in [0.5, 0.6) is 0 Å². The molecule has 0 unspecified atom stereocenters. The van der Waals surface area contributed by atoms with Gasteiger partial charge in [-0.05, 0) is 28.1 Å². The number of nitrogens with two attached hydrogens (primary N) is 1. The standard InChI is InChI=1S/C14H10BrN5O2S/c15-9-1-8(3-17-5-9)13(22)20-14-19-11(6-23-14)7-2-10(12(16)21)18-4-7/h1-6,18H,(H2,16,21)(H,19,20,22). The third kappa shape index (κ3) is 3.46. The number of carbonyl (C=O) groups excluding carboxylic acids is 2. The molecule has 0 radical (unpaired) electrons. The molecule has 0 saturated carbocycles. The van der Waals surface area contributed by atoms with E-state index in [1.807, 2.05) is 0 Å². The van der Waals surface area contributed by atoms with E-state index >= 15 is 0 Å². The second kappa shape index (κ2) is 6.31. The van der Waals surface area contributed by atoms with Crippen LogP contribution in [0.2, 0.25) is 0 Å². The molecule has 0 aliphatic rings. The number of aromatic amines is 1. The first-order valence-corrected chi connectivity index (χ1v) is 8.06. The van der Waals surface area contributed by atoms with Gasteiger partial charge in [0.05, 0.1) is 11.3 Å². The van der Waals surface area contributed by atoms with E-state index in [0.29, 0.717) is 22.1 Å². The van der Waals surface area contributed by atoms with E-state index in [4.69, 9.17) is 5.73 Å². The maximum atomic E-state index is 12.1. The van der Waals surface area contributed by atoms with Crippen molar-refractivity contribution in [2.24, 2.45) is 5.73 Å². The molecule has 0 aliphatic carbocycles. The van der Waals surface area contributed by atoms with Gasteiger partial charge in [0.15, 0.2) is 5.13 Å². The van der Waals surface area contributed by atoms with Crippen LogP contribution in [0, 0.1) is 0 Å². The molecule has 0 atom stereocenters. The van der Waals surface area contributed by atoms with Gasteiger partial charge in [0.2, 0.25) is 0 Å². The average molecular weight is 392 g/mol. The number of pyridine rings is 1. The van der Waals surface area contributed by atoms with E-state index in [1.54, 1.807) is 29.9 Å². The Labute approximate surface area is 143 Å². The summed E-state index contributed by atoms with van der Waals surface area (Å²) < 4.78 is 0.719. The normalized spacial score (nSPS) is 10.5. The first kappa shape index (κ1) is 15.4. The molecule has 3 rings (SSSR count). The summed E-state index contributed by atoms with van der Waals surface area (Å²) in [5, 5.41) is 4.94. The van der Waals surface area contributed by atoms with Crippen LogP contribution < -0.4 is 11.1 Å². The number of anilines is 1. The van der Waals surface area contributed by atoms with Crippen molar-refractivity contribution in [2.75, 3.05) is 5.32 Å². The SMILES string of the molecule is NC(=O)c1cc(-c2csc(NC(=O)c3cncc(Br)c3)n2)c[nH]1. The quantitative estimate of drug-likeness (QED) is 0.633. The minimum Gasteiger partial charge on any atom is -0.364 e. The Hall–Kier alpha value is -2.52. The number of thiazole rings is 1. The summed E-state index contributed by atoms with van der Waals surface area (Å²) in [6.07, 6.45) is 4.71. The first-order valence-electron chi connectivity index (χ1n) is 6.39. The lowest BCUT2D eigenvalue weighted by atomic mass is 10.2. The highest BCUT2D eigenvalue weighted by molar-refractivity contribution is 9.10. The Bertz CT molecular complexity index is 889. The van der Waals surface area contributed by atoms with Crippen molar-refractivity contribution in [1.82, 2.24) is 15.0 Å². The number of hydrogen-bond acceptors (Lipinski definition) is 5. The smallest absolute Gasteiger partial charge is 0.265 e. The zero-order valence-corrected chi connectivity index (χ0v) is 13.9. The van der Waals surface area contributed by atoms with Gasteiger partial charge in [0.25, 0.3) is 11.8 Å². The highest BCUT2D eigenvalue weighted by atomic mass is 79.9. The Kier molecular flexibility index (Phi) is 4.22. The summed E-state index contributed by atoms with van der Waals surface area (Å²) in [7, 11) is 0. The highest BCUT2D eigenvalue weighted by Gasteiger charge is 2.12. The van der Waals surface area contributed by atoms with Crippen molar-refractivity contribution in [3.8, 4) is 11.3 Å². The molecule has 3 aromatic heterocycles. The lowest BCUT2D eigenvalue weighted by Crippen LogP contribution is -2.11. The summed E-state index contributed by atoms with van der Waals surface area (Å²) >= 11 is 4.55. The summed E-state index contributed by atoms with van der Waals surface area (Å²) in [5.74, 6) is -0.839. The van der Waals surface area contributed by atoms with Gasteiger partial charge in [-0.1, -0.05) is 0 Å². The van der Waals surface area contributed by atoms with Gasteiger partial charge in [0.1, 0.15) is 5.69 Å². The molecular formula is C14H10BrN5O2S. The number of rotatable bonds is 4. The number of nitrogens with one attached hydrogen (secondary N) is 2. The topological polar surface area (TPSA) is 114 Å². The minimum atomic E-state index is -0.540. The number of nitrogens with zero attached hydrogens (tertiary/aromatic N) is 2. The summed E-state index contributed by atoms with van der Waals surface area (Å²) in [5.41, 5.74) is 7.29. The molecule has 3 aromatic rings. The van der Waals surface area contributed by atoms with Crippen LogP contribution in [0.3, 0.4) is 0 Å². The van der Waals surface area contributed by atoms with Crippen molar-refractivity contribution in [3.05, 3.63) is 51.8 Å². The van der Waals surface area contributed by atoms with Gasteiger partial charge in [0, 0.05) is 34.0 Å². The Balaban J connectivity index is 1.76. The second-order valence-electron chi connectivity index (χ2n) is 4.55. The van der Waals surface area contributed by atoms with Crippen LogP contribution in [0.1, 0.15) is 20.8 Å². The zero-order valence-electron chi connectivity index (χ0n) is 11.5. The molecule has 0 aromatic carbocycles. The molecule has 0 aliphatic heterocycles. The predicted octanol–water partition coefficient (Wildman–Crippen LogP) is 2.65. The Morgan fingerprint density at radius 3 is 2.83 bits per heavy atom.